The third-order valence-corrected chi connectivity index (χ3v) is 8.25. The summed E-state index contributed by atoms with van der Waals surface area (Å²) in [5, 5.41) is 17.3. The molecule has 1 aromatic carbocycles. The van der Waals surface area contributed by atoms with E-state index in [1.165, 1.54) is 29.5 Å². The standard InChI is InChI=1S/C28H33F2N7O3/c1-28(2,40)24(30)16-36-15-17-10-22(33-26(38)21-14-32-37-5-3-4-31-25(21)37)23(13-20(17)27(36)39)35-8-6-34(7-9-35)19-11-18(29)12-19/h3-5,10,13-14,18-19,24,40H,6-9,11-12,15-16H2,1-2H3,(H,33,38)/t18?,19?,24-/m1/s1. The van der Waals surface area contributed by atoms with E-state index in [0.29, 0.717) is 59.6 Å². The number of alkyl halides is 2. The van der Waals surface area contributed by atoms with Crippen molar-refractivity contribution in [1.29, 1.82) is 0 Å². The van der Waals surface area contributed by atoms with Crippen molar-refractivity contribution >= 4 is 28.8 Å². The maximum atomic E-state index is 14.7. The monoisotopic (exact) mass is 553 g/mol. The summed E-state index contributed by atoms with van der Waals surface area (Å²) in [5.74, 6) is -0.695. The summed E-state index contributed by atoms with van der Waals surface area (Å²) in [7, 11) is 0. The molecule has 4 heterocycles. The number of aliphatic hydroxyl groups is 1. The number of nitrogens with one attached hydrogen (secondary N) is 1. The fourth-order valence-corrected chi connectivity index (χ4v) is 5.66. The van der Waals surface area contributed by atoms with Gasteiger partial charge in [0, 0.05) is 56.7 Å². The molecule has 0 spiro atoms. The first-order chi connectivity index (χ1) is 19.1. The summed E-state index contributed by atoms with van der Waals surface area (Å²) >= 11 is 0. The van der Waals surface area contributed by atoms with Crippen LogP contribution in [0, 0.1) is 0 Å². The number of amides is 2. The molecule has 2 aromatic heterocycles. The van der Waals surface area contributed by atoms with Crippen LogP contribution in [0.4, 0.5) is 20.2 Å². The maximum absolute atomic E-state index is 14.7. The molecule has 3 aliphatic rings. The van der Waals surface area contributed by atoms with Crippen molar-refractivity contribution in [3.63, 3.8) is 0 Å². The summed E-state index contributed by atoms with van der Waals surface area (Å²) in [6.45, 7) is 5.48. The maximum Gasteiger partial charge on any atom is 0.261 e. The molecule has 6 rings (SSSR count). The lowest BCUT2D eigenvalue weighted by Crippen LogP contribution is -2.54. The summed E-state index contributed by atoms with van der Waals surface area (Å²) in [6, 6.07) is 5.54. The smallest absolute Gasteiger partial charge is 0.261 e. The first-order valence-electron chi connectivity index (χ1n) is 13.6. The quantitative estimate of drug-likeness (QED) is 0.464. The lowest BCUT2D eigenvalue weighted by Gasteiger charge is -2.45. The molecule has 10 nitrogen and oxygen atoms in total. The van der Waals surface area contributed by atoms with Crippen molar-refractivity contribution in [2.45, 2.75) is 57.2 Å². The molecule has 12 heteroatoms. The van der Waals surface area contributed by atoms with Crippen LogP contribution in [0.15, 0.2) is 36.8 Å². The Morgan fingerprint density at radius 2 is 1.98 bits per heavy atom. The number of piperazine rings is 1. The van der Waals surface area contributed by atoms with E-state index in [1.807, 2.05) is 0 Å². The Morgan fingerprint density at radius 3 is 2.67 bits per heavy atom. The Hall–Kier alpha value is -3.64. The van der Waals surface area contributed by atoms with E-state index < -0.39 is 17.9 Å². The predicted molar refractivity (Wildman–Crippen MR) is 145 cm³/mol. The molecule has 1 atom stereocenters. The van der Waals surface area contributed by atoms with Crippen molar-refractivity contribution in [1.82, 2.24) is 24.4 Å². The van der Waals surface area contributed by atoms with Crippen molar-refractivity contribution in [2.75, 3.05) is 42.9 Å². The van der Waals surface area contributed by atoms with E-state index in [2.05, 4.69) is 25.2 Å². The van der Waals surface area contributed by atoms with E-state index in [-0.39, 0.29) is 30.9 Å². The fraction of sp³-hybridized carbons (Fsp3) is 0.500. The number of benzene rings is 1. The molecule has 40 heavy (non-hydrogen) atoms. The van der Waals surface area contributed by atoms with Crippen LogP contribution in [-0.2, 0) is 6.54 Å². The van der Waals surface area contributed by atoms with Crippen LogP contribution in [0.25, 0.3) is 5.65 Å². The average molecular weight is 554 g/mol. The van der Waals surface area contributed by atoms with Crippen LogP contribution in [0.2, 0.25) is 0 Å². The Labute approximate surface area is 230 Å². The van der Waals surface area contributed by atoms with Crippen molar-refractivity contribution in [3.05, 3.63) is 53.5 Å². The Kier molecular flexibility index (Phi) is 6.70. The second-order valence-electron chi connectivity index (χ2n) is 11.5. The predicted octanol–water partition coefficient (Wildman–Crippen LogP) is 2.67. The minimum absolute atomic E-state index is 0.173. The van der Waals surface area contributed by atoms with Gasteiger partial charge in [-0.1, -0.05) is 0 Å². The Bertz CT molecular complexity index is 1440. The third kappa shape index (κ3) is 4.90. The van der Waals surface area contributed by atoms with E-state index in [9.17, 15) is 23.5 Å². The first kappa shape index (κ1) is 26.6. The van der Waals surface area contributed by atoms with Crippen molar-refractivity contribution in [2.24, 2.45) is 0 Å². The zero-order chi connectivity index (χ0) is 28.2. The zero-order valence-corrected chi connectivity index (χ0v) is 22.6. The molecule has 1 saturated carbocycles. The molecule has 2 fully saturated rings. The number of aromatic nitrogens is 3. The highest BCUT2D eigenvalue weighted by molar-refractivity contribution is 6.10. The van der Waals surface area contributed by atoms with Gasteiger partial charge >= 0.3 is 0 Å². The SMILES string of the molecule is CC(C)(O)[C@H](F)CN1Cc2cc(NC(=O)c3cnn4cccnc34)c(N3CCN(C4CC(F)C4)CC3)cc2C1=O. The minimum atomic E-state index is -1.61. The number of carbonyl (C=O) groups is 2. The average Bonchev–Trinajstić information content (AvgIpc) is 3.47. The number of fused-ring (bicyclic) bond motifs is 2. The van der Waals surface area contributed by atoms with Crippen LogP contribution >= 0.6 is 0 Å². The molecular weight excluding hydrogens is 520 g/mol. The van der Waals surface area contributed by atoms with Crippen LogP contribution in [-0.4, -0.2) is 98.0 Å². The van der Waals surface area contributed by atoms with Gasteiger partial charge in [-0.3, -0.25) is 14.5 Å². The molecule has 0 unspecified atom stereocenters. The summed E-state index contributed by atoms with van der Waals surface area (Å²) in [6.07, 6.45) is 3.56. The highest BCUT2D eigenvalue weighted by atomic mass is 19.1. The molecule has 1 aliphatic carbocycles. The van der Waals surface area contributed by atoms with Gasteiger partial charge in [-0.2, -0.15) is 5.10 Å². The van der Waals surface area contributed by atoms with E-state index in [1.54, 1.807) is 30.6 Å². The number of nitrogens with zero attached hydrogens (tertiary/aromatic N) is 6. The molecule has 2 aliphatic heterocycles. The van der Waals surface area contributed by atoms with E-state index >= 15 is 0 Å². The lowest BCUT2D eigenvalue weighted by atomic mass is 9.89. The van der Waals surface area contributed by atoms with Gasteiger partial charge in [-0.05, 0) is 50.5 Å². The molecule has 1 saturated heterocycles. The van der Waals surface area contributed by atoms with E-state index in [4.69, 9.17) is 0 Å². The van der Waals surface area contributed by atoms with Crippen LogP contribution in [0.3, 0.4) is 0 Å². The second kappa shape index (κ2) is 10.1. The number of hydrogen-bond donors (Lipinski definition) is 2. The second-order valence-corrected chi connectivity index (χ2v) is 11.5. The normalized spacial score (nSPS) is 22.4. The largest absolute Gasteiger partial charge is 0.387 e. The van der Waals surface area contributed by atoms with Crippen LogP contribution < -0.4 is 10.2 Å². The molecule has 2 N–H and O–H groups in total. The van der Waals surface area contributed by atoms with Gasteiger partial charge in [-0.15, -0.1) is 0 Å². The lowest BCUT2D eigenvalue weighted by molar-refractivity contribution is -0.0159. The Balaban J connectivity index is 1.28. The number of halogens is 2. The van der Waals surface area contributed by atoms with Gasteiger partial charge in [0.2, 0.25) is 0 Å². The van der Waals surface area contributed by atoms with Gasteiger partial charge in [0.15, 0.2) is 5.65 Å². The number of rotatable bonds is 7. The molecule has 0 radical (unpaired) electrons. The molecule has 212 valence electrons. The topological polar surface area (TPSA) is 106 Å². The van der Waals surface area contributed by atoms with Crippen LogP contribution in [0.5, 0.6) is 0 Å². The summed E-state index contributed by atoms with van der Waals surface area (Å²) in [5.41, 5.74) is 1.51. The molecule has 0 bridgehead atoms. The zero-order valence-electron chi connectivity index (χ0n) is 22.6. The van der Waals surface area contributed by atoms with Crippen molar-refractivity contribution in [3.8, 4) is 0 Å². The molecule has 2 amide bonds. The summed E-state index contributed by atoms with van der Waals surface area (Å²) < 4.78 is 29.6. The first-order valence-corrected chi connectivity index (χ1v) is 13.6. The van der Waals surface area contributed by atoms with E-state index in [0.717, 1.165) is 13.1 Å². The van der Waals surface area contributed by atoms with Gasteiger partial charge < -0.3 is 20.2 Å². The van der Waals surface area contributed by atoms with Gasteiger partial charge in [0.1, 0.15) is 17.9 Å². The number of anilines is 2. The summed E-state index contributed by atoms with van der Waals surface area (Å²) in [4.78, 5) is 36.8. The Morgan fingerprint density at radius 1 is 1.23 bits per heavy atom. The van der Waals surface area contributed by atoms with Crippen molar-refractivity contribution < 1.29 is 23.5 Å². The van der Waals surface area contributed by atoms with Gasteiger partial charge in [0.05, 0.1) is 29.7 Å². The molecular formula is C28H33F2N7O3. The third-order valence-electron chi connectivity index (χ3n) is 8.25. The number of carbonyl (C=O) groups excluding carboxylic acids is 2. The van der Waals surface area contributed by atoms with Gasteiger partial charge in [0.25, 0.3) is 11.8 Å². The fourth-order valence-electron chi connectivity index (χ4n) is 5.66. The van der Waals surface area contributed by atoms with Gasteiger partial charge in [-0.25, -0.2) is 18.3 Å². The molecule has 3 aromatic rings. The highest BCUT2D eigenvalue weighted by Gasteiger charge is 2.37. The highest BCUT2D eigenvalue weighted by Crippen LogP contribution is 2.37. The minimum Gasteiger partial charge on any atom is -0.387 e. The number of hydrogen-bond acceptors (Lipinski definition) is 7. The van der Waals surface area contributed by atoms with Crippen LogP contribution in [0.1, 0.15) is 53.0 Å².